The van der Waals surface area contributed by atoms with Gasteiger partial charge in [-0.3, -0.25) is 0 Å². The summed E-state index contributed by atoms with van der Waals surface area (Å²) in [5, 5.41) is 0. The van der Waals surface area contributed by atoms with Crippen LogP contribution in [0, 0.1) is 0 Å². The van der Waals surface area contributed by atoms with Crippen molar-refractivity contribution in [3.05, 3.63) is 0 Å². The predicted octanol–water partition coefficient (Wildman–Crippen LogP) is 1.56. The van der Waals surface area contributed by atoms with Gasteiger partial charge in [0.25, 0.3) is 0 Å². The second kappa shape index (κ2) is 2.44. The number of rotatable bonds is 0. The molecule has 0 aliphatic carbocycles. The molecule has 0 radical (unpaired) electrons. The fourth-order valence-electron chi connectivity index (χ4n) is 0.176. The molecule has 0 bridgehead atoms. The van der Waals surface area contributed by atoms with Gasteiger partial charge in [0.15, 0.2) is 0 Å². The summed E-state index contributed by atoms with van der Waals surface area (Å²) < 4.78 is 11.1. The van der Waals surface area contributed by atoms with Crippen molar-refractivity contribution in [2.24, 2.45) is 4.99 Å². The van der Waals surface area contributed by atoms with Crippen molar-refractivity contribution < 1.29 is 9.18 Å². The van der Waals surface area contributed by atoms with Gasteiger partial charge in [-0.25, -0.2) is 4.79 Å². The maximum absolute atomic E-state index is 11.1. The Morgan fingerprint density at radius 2 is 2.00 bits per heavy atom. The fourth-order valence-corrected chi connectivity index (χ4v) is 0.176. The number of aliphatic imine (C=N–C) groups is 1. The van der Waals surface area contributed by atoms with Gasteiger partial charge in [0.05, 0.1) is 0 Å². The summed E-state index contributed by atoms with van der Waals surface area (Å²) in [5.74, 6) is 0. The fraction of sp³-hybridized carbons (Fsp3) is 0.500. The Balaban J connectivity index is 3.68. The minimum Gasteiger partial charge on any atom is -0.232 e. The molecule has 0 fully saturated rings. The second-order valence-electron chi connectivity index (χ2n) is 1.31. The van der Waals surface area contributed by atoms with Crippen LogP contribution in [0.5, 0.6) is 0 Å². The average molecular weight is 103 g/mol. The SMILES string of the molecule is CC(C)=NC(=O)F. The molecule has 0 aromatic carbocycles. The Hall–Kier alpha value is -0.730. The van der Waals surface area contributed by atoms with Gasteiger partial charge in [0, 0.05) is 5.71 Å². The Morgan fingerprint density at radius 1 is 1.57 bits per heavy atom. The average Bonchev–Trinajstić information content (AvgIpc) is 1.27. The number of amides is 1. The largest absolute Gasteiger partial charge is 0.423 e. The minimum absolute atomic E-state index is 0.438. The molecular weight excluding hydrogens is 97.0 g/mol. The number of hydrogen-bond acceptors (Lipinski definition) is 1. The summed E-state index contributed by atoms with van der Waals surface area (Å²) in [6.45, 7) is 3.11. The third-order valence-corrected chi connectivity index (χ3v) is 0.312. The van der Waals surface area contributed by atoms with Crippen molar-refractivity contribution in [2.75, 3.05) is 0 Å². The van der Waals surface area contributed by atoms with E-state index >= 15 is 0 Å². The van der Waals surface area contributed by atoms with Crippen LogP contribution in [0.25, 0.3) is 0 Å². The summed E-state index contributed by atoms with van der Waals surface area (Å²) in [5.41, 5.74) is 0.438. The Morgan fingerprint density at radius 3 is 2.00 bits per heavy atom. The van der Waals surface area contributed by atoms with Gasteiger partial charge in [-0.2, -0.15) is 4.99 Å². The zero-order valence-electron chi connectivity index (χ0n) is 4.23. The monoisotopic (exact) mass is 103 g/mol. The highest BCUT2D eigenvalue weighted by atomic mass is 19.1. The summed E-state index contributed by atoms with van der Waals surface area (Å²) in [6, 6.07) is 0. The molecule has 0 rings (SSSR count). The molecule has 0 atom stereocenters. The van der Waals surface area contributed by atoms with Crippen LogP contribution in [0.4, 0.5) is 9.18 Å². The van der Waals surface area contributed by atoms with Gasteiger partial charge < -0.3 is 0 Å². The van der Waals surface area contributed by atoms with Crippen LogP contribution in [0.1, 0.15) is 13.8 Å². The number of carbonyl (C=O) groups is 1. The molecule has 0 N–H and O–H groups in total. The molecule has 0 unspecified atom stereocenters. The van der Waals surface area contributed by atoms with E-state index in [1.807, 2.05) is 0 Å². The zero-order valence-corrected chi connectivity index (χ0v) is 4.23. The lowest BCUT2D eigenvalue weighted by atomic mass is 10.5. The zero-order chi connectivity index (χ0) is 5.86. The highest BCUT2D eigenvalue weighted by molar-refractivity contribution is 5.89. The van der Waals surface area contributed by atoms with E-state index in [-0.39, 0.29) is 0 Å². The summed E-state index contributed by atoms with van der Waals surface area (Å²) in [6.07, 6.45) is -1.62. The first kappa shape index (κ1) is 6.27. The second-order valence-corrected chi connectivity index (χ2v) is 1.31. The van der Waals surface area contributed by atoms with Gasteiger partial charge in [-0.15, -0.1) is 4.39 Å². The molecule has 2 nitrogen and oxygen atoms in total. The Kier molecular flexibility index (Phi) is 2.19. The standard InChI is InChI=1S/C4H6FNO/c1-3(2)6-4(5)7/h1-2H3. The smallest absolute Gasteiger partial charge is 0.232 e. The first-order chi connectivity index (χ1) is 3.13. The van der Waals surface area contributed by atoms with Crippen LogP contribution in [0.2, 0.25) is 0 Å². The lowest BCUT2D eigenvalue weighted by Crippen LogP contribution is -1.84. The first-order valence-corrected chi connectivity index (χ1v) is 1.84. The van der Waals surface area contributed by atoms with Gasteiger partial charge >= 0.3 is 6.16 Å². The molecular formula is C4H6FNO. The minimum atomic E-state index is -1.62. The maximum Gasteiger partial charge on any atom is 0.423 e. The van der Waals surface area contributed by atoms with Crippen LogP contribution in [0.3, 0.4) is 0 Å². The van der Waals surface area contributed by atoms with Gasteiger partial charge in [0.2, 0.25) is 0 Å². The molecule has 3 heteroatoms. The maximum atomic E-state index is 11.1. The Bertz CT molecular complexity index is 104. The number of nitrogens with zero attached hydrogens (tertiary/aromatic N) is 1. The van der Waals surface area contributed by atoms with Crippen molar-refractivity contribution in [2.45, 2.75) is 13.8 Å². The molecule has 40 valence electrons. The van der Waals surface area contributed by atoms with Crippen LogP contribution in [0.15, 0.2) is 4.99 Å². The lowest BCUT2D eigenvalue weighted by molar-refractivity contribution is 0.231. The van der Waals surface area contributed by atoms with Crippen LogP contribution in [-0.2, 0) is 0 Å². The third-order valence-electron chi connectivity index (χ3n) is 0.312. The van der Waals surface area contributed by atoms with Crippen LogP contribution >= 0.6 is 0 Å². The summed E-state index contributed by atoms with van der Waals surface area (Å²) >= 11 is 0. The van der Waals surface area contributed by atoms with Crippen molar-refractivity contribution in [3.8, 4) is 0 Å². The van der Waals surface area contributed by atoms with E-state index < -0.39 is 6.16 Å². The molecule has 0 aliphatic heterocycles. The molecule has 1 amide bonds. The topological polar surface area (TPSA) is 29.4 Å². The summed E-state index contributed by atoms with van der Waals surface area (Å²) in [4.78, 5) is 12.3. The molecule has 0 saturated heterocycles. The lowest BCUT2D eigenvalue weighted by Gasteiger charge is -1.77. The van der Waals surface area contributed by atoms with Crippen LogP contribution in [-0.4, -0.2) is 11.9 Å². The van der Waals surface area contributed by atoms with Crippen molar-refractivity contribution in [3.63, 3.8) is 0 Å². The van der Waals surface area contributed by atoms with E-state index in [0.29, 0.717) is 5.71 Å². The highest BCUT2D eigenvalue weighted by Gasteiger charge is 1.87. The van der Waals surface area contributed by atoms with E-state index in [1.54, 1.807) is 13.8 Å². The quantitative estimate of drug-likeness (QED) is 0.260. The molecule has 0 spiro atoms. The van der Waals surface area contributed by atoms with Gasteiger partial charge in [0.1, 0.15) is 0 Å². The van der Waals surface area contributed by atoms with E-state index in [4.69, 9.17) is 0 Å². The van der Waals surface area contributed by atoms with Crippen molar-refractivity contribution >= 4 is 11.9 Å². The molecule has 0 aromatic rings. The van der Waals surface area contributed by atoms with Crippen molar-refractivity contribution in [1.82, 2.24) is 0 Å². The molecule has 0 aromatic heterocycles. The first-order valence-electron chi connectivity index (χ1n) is 1.84. The van der Waals surface area contributed by atoms with Gasteiger partial charge in [-0.1, -0.05) is 0 Å². The van der Waals surface area contributed by atoms with E-state index in [0.717, 1.165) is 0 Å². The van der Waals surface area contributed by atoms with E-state index in [1.165, 1.54) is 0 Å². The normalized spacial score (nSPS) is 7.86. The van der Waals surface area contributed by atoms with E-state index in [2.05, 4.69) is 4.99 Å². The predicted molar refractivity (Wildman–Crippen MR) is 25.3 cm³/mol. The number of hydrogen-bond donors (Lipinski definition) is 0. The molecule has 0 aliphatic rings. The third kappa shape index (κ3) is 5.27. The molecule has 0 heterocycles. The van der Waals surface area contributed by atoms with E-state index in [9.17, 15) is 9.18 Å². The number of carbonyl (C=O) groups excluding carboxylic acids is 1. The van der Waals surface area contributed by atoms with Crippen molar-refractivity contribution in [1.29, 1.82) is 0 Å². The highest BCUT2D eigenvalue weighted by Crippen LogP contribution is 1.80. The summed E-state index contributed by atoms with van der Waals surface area (Å²) in [7, 11) is 0. The molecule has 7 heavy (non-hydrogen) atoms. The van der Waals surface area contributed by atoms with Gasteiger partial charge in [-0.05, 0) is 13.8 Å². The Labute approximate surface area is 41.1 Å². The molecule has 0 saturated carbocycles. The van der Waals surface area contributed by atoms with Crippen LogP contribution < -0.4 is 0 Å². The number of halogens is 1.